The van der Waals surface area contributed by atoms with E-state index in [0.29, 0.717) is 11.1 Å². The van der Waals surface area contributed by atoms with Gasteiger partial charge in [0.15, 0.2) is 5.96 Å². The molecule has 2 rings (SSSR count). The van der Waals surface area contributed by atoms with Gasteiger partial charge in [0.1, 0.15) is 0 Å². The number of hydrogen-bond acceptors (Lipinski definition) is 2. The number of aliphatic hydroxyl groups is 1. The van der Waals surface area contributed by atoms with Crippen molar-refractivity contribution in [3.05, 3.63) is 33.8 Å². The summed E-state index contributed by atoms with van der Waals surface area (Å²) in [5, 5.41) is 17.7. The maximum absolute atomic E-state index is 9.59. The van der Waals surface area contributed by atoms with Gasteiger partial charge in [-0.2, -0.15) is 0 Å². The Hall–Kier alpha value is -0.970. The van der Waals surface area contributed by atoms with Gasteiger partial charge in [-0.05, 0) is 63.1 Å². The molecule has 24 heavy (non-hydrogen) atoms. The molecule has 1 fully saturated rings. The Morgan fingerprint density at radius 1 is 1.25 bits per heavy atom. The molecule has 134 valence electrons. The lowest BCUT2D eigenvalue weighted by Gasteiger charge is -2.27. The highest BCUT2D eigenvalue weighted by molar-refractivity contribution is 6.35. The molecule has 0 saturated heterocycles. The number of nitrogens with one attached hydrogen (secondary N) is 2. The number of guanidine groups is 1. The largest absolute Gasteiger partial charge is 0.393 e. The number of aryl methyl sites for hydroxylation is 1. The molecule has 4 nitrogen and oxygen atoms in total. The average molecular weight is 372 g/mol. The average Bonchev–Trinajstić information content (AvgIpc) is 2.55. The van der Waals surface area contributed by atoms with Gasteiger partial charge >= 0.3 is 0 Å². The maximum Gasteiger partial charge on any atom is 0.191 e. The van der Waals surface area contributed by atoms with Crippen LogP contribution in [0.5, 0.6) is 0 Å². The molecule has 0 radical (unpaired) electrons. The lowest BCUT2D eigenvalue weighted by atomic mass is 9.93. The number of nitrogens with zero attached hydrogens (tertiary/aromatic N) is 1. The fourth-order valence-corrected chi connectivity index (χ4v) is 3.42. The zero-order valence-corrected chi connectivity index (χ0v) is 15.7. The van der Waals surface area contributed by atoms with Gasteiger partial charge in [-0.1, -0.05) is 29.3 Å². The van der Waals surface area contributed by atoms with E-state index in [4.69, 9.17) is 23.2 Å². The van der Waals surface area contributed by atoms with Crippen LogP contribution < -0.4 is 10.6 Å². The molecule has 1 aromatic rings. The standard InChI is InChI=1S/C18H27Cl2N3O/c1-2-21-18(23-15-7-9-16(24)10-8-15)22-11-3-4-13-5-6-14(19)12-17(13)20/h5-6,12,15-16,24H,2-4,7-11H2,1H3,(H2,21,22,23). The highest BCUT2D eigenvalue weighted by atomic mass is 35.5. The summed E-state index contributed by atoms with van der Waals surface area (Å²) < 4.78 is 0. The third kappa shape index (κ3) is 6.50. The maximum atomic E-state index is 9.59. The molecule has 0 aliphatic heterocycles. The number of aliphatic imine (C=N–C) groups is 1. The zero-order chi connectivity index (χ0) is 17.4. The van der Waals surface area contributed by atoms with Crippen LogP contribution in [0.25, 0.3) is 0 Å². The molecular weight excluding hydrogens is 345 g/mol. The highest BCUT2D eigenvalue weighted by Gasteiger charge is 2.19. The van der Waals surface area contributed by atoms with Crippen LogP contribution in [0.15, 0.2) is 23.2 Å². The predicted molar refractivity (Wildman–Crippen MR) is 102 cm³/mol. The van der Waals surface area contributed by atoms with Gasteiger partial charge in [0.2, 0.25) is 0 Å². The summed E-state index contributed by atoms with van der Waals surface area (Å²) >= 11 is 12.1. The predicted octanol–water partition coefficient (Wildman–Crippen LogP) is 3.78. The number of benzene rings is 1. The molecule has 0 heterocycles. The van der Waals surface area contributed by atoms with Gasteiger partial charge in [-0.25, -0.2) is 0 Å². The van der Waals surface area contributed by atoms with Crippen molar-refractivity contribution in [2.75, 3.05) is 13.1 Å². The fraction of sp³-hybridized carbons (Fsp3) is 0.611. The number of rotatable bonds is 6. The van der Waals surface area contributed by atoms with Crippen molar-refractivity contribution in [1.82, 2.24) is 10.6 Å². The Bertz CT molecular complexity index is 543. The second-order valence-corrected chi connectivity index (χ2v) is 7.09. The van der Waals surface area contributed by atoms with Crippen LogP contribution in [0, 0.1) is 0 Å². The Kier molecular flexibility index (Phi) is 8.16. The molecular formula is C18H27Cl2N3O. The van der Waals surface area contributed by atoms with Crippen molar-refractivity contribution in [1.29, 1.82) is 0 Å². The third-order valence-electron chi connectivity index (χ3n) is 4.27. The van der Waals surface area contributed by atoms with E-state index in [1.807, 2.05) is 12.1 Å². The minimum Gasteiger partial charge on any atom is -0.393 e. The van der Waals surface area contributed by atoms with E-state index < -0.39 is 0 Å². The molecule has 0 aromatic heterocycles. The smallest absolute Gasteiger partial charge is 0.191 e. The molecule has 0 unspecified atom stereocenters. The summed E-state index contributed by atoms with van der Waals surface area (Å²) in [6.45, 7) is 3.64. The van der Waals surface area contributed by atoms with Gasteiger partial charge in [-0.15, -0.1) is 0 Å². The van der Waals surface area contributed by atoms with E-state index in [2.05, 4.69) is 22.5 Å². The summed E-state index contributed by atoms with van der Waals surface area (Å²) in [6, 6.07) is 6.03. The summed E-state index contributed by atoms with van der Waals surface area (Å²) in [4.78, 5) is 4.65. The zero-order valence-electron chi connectivity index (χ0n) is 14.2. The van der Waals surface area contributed by atoms with E-state index in [1.54, 1.807) is 6.07 Å². The van der Waals surface area contributed by atoms with E-state index >= 15 is 0 Å². The van der Waals surface area contributed by atoms with Crippen molar-refractivity contribution in [3.8, 4) is 0 Å². The van der Waals surface area contributed by atoms with Crippen molar-refractivity contribution >= 4 is 29.2 Å². The topological polar surface area (TPSA) is 56.7 Å². The molecule has 0 bridgehead atoms. The van der Waals surface area contributed by atoms with Crippen molar-refractivity contribution in [3.63, 3.8) is 0 Å². The Balaban J connectivity index is 1.80. The molecule has 6 heteroatoms. The molecule has 1 aliphatic rings. The number of aliphatic hydroxyl groups excluding tert-OH is 1. The van der Waals surface area contributed by atoms with Crippen LogP contribution in [0.2, 0.25) is 10.0 Å². The van der Waals surface area contributed by atoms with Gasteiger partial charge < -0.3 is 15.7 Å². The van der Waals surface area contributed by atoms with Crippen LogP contribution in [0.3, 0.4) is 0 Å². The monoisotopic (exact) mass is 371 g/mol. The third-order valence-corrected chi connectivity index (χ3v) is 4.86. The van der Waals surface area contributed by atoms with Gasteiger partial charge in [-0.3, -0.25) is 4.99 Å². The van der Waals surface area contributed by atoms with E-state index in [0.717, 1.165) is 68.2 Å². The van der Waals surface area contributed by atoms with Crippen LogP contribution in [-0.2, 0) is 6.42 Å². The number of halogens is 2. The van der Waals surface area contributed by atoms with Crippen LogP contribution in [-0.4, -0.2) is 36.3 Å². The normalized spacial score (nSPS) is 21.6. The summed E-state index contributed by atoms with van der Waals surface area (Å²) in [7, 11) is 0. The van der Waals surface area contributed by atoms with E-state index in [1.165, 1.54) is 0 Å². The molecule has 3 N–H and O–H groups in total. The molecule has 1 aromatic carbocycles. The van der Waals surface area contributed by atoms with Crippen molar-refractivity contribution in [2.24, 2.45) is 4.99 Å². The van der Waals surface area contributed by atoms with Crippen molar-refractivity contribution in [2.45, 2.75) is 57.6 Å². The van der Waals surface area contributed by atoms with Gasteiger partial charge in [0.25, 0.3) is 0 Å². The first-order chi connectivity index (χ1) is 11.6. The van der Waals surface area contributed by atoms with Gasteiger partial charge in [0.05, 0.1) is 6.10 Å². The second-order valence-electron chi connectivity index (χ2n) is 6.25. The second kappa shape index (κ2) is 10.1. The highest BCUT2D eigenvalue weighted by Crippen LogP contribution is 2.22. The first-order valence-corrected chi connectivity index (χ1v) is 9.51. The van der Waals surface area contributed by atoms with Crippen molar-refractivity contribution < 1.29 is 5.11 Å². The van der Waals surface area contributed by atoms with E-state index in [9.17, 15) is 5.11 Å². The summed E-state index contributed by atoms with van der Waals surface area (Å²) in [5.74, 6) is 0.862. The molecule has 1 aliphatic carbocycles. The van der Waals surface area contributed by atoms with Crippen LogP contribution in [0.1, 0.15) is 44.6 Å². The van der Waals surface area contributed by atoms with Gasteiger partial charge in [0, 0.05) is 29.2 Å². The molecule has 0 spiro atoms. The van der Waals surface area contributed by atoms with E-state index in [-0.39, 0.29) is 6.10 Å². The lowest BCUT2D eigenvalue weighted by Crippen LogP contribution is -2.45. The Morgan fingerprint density at radius 2 is 2.00 bits per heavy atom. The molecule has 0 atom stereocenters. The van der Waals surface area contributed by atoms with Crippen LogP contribution >= 0.6 is 23.2 Å². The Labute approximate surface area is 154 Å². The quantitative estimate of drug-likeness (QED) is 0.405. The fourth-order valence-electron chi connectivity index (χ4n) is 2.92. The summed E-state index contributed by atoms with van der Waals surface area (Å²) in [5.41, 5.74) is 1.11. The minimum atomic E-state index is -0.133. The Morgan fingerprint density at radius 3 is 2.67 bits per heavy atom. The lowest BCUT2D eigenvalue weighted by molar-refractivity contribution is 0.120. The summed E-state index contributed by atoms with van der Waals surface area (Å²) in [6.07, 6.45) is 5.40. The number of hydrogen-bond donors (Lipinski definition) is 3. The molecule has 1 saturated carbocycles. The first kappa shape index (κ1) is 19.4. The SMILES string of the molecule is CCNC(=NCCCc1ccc(Cl)cc1Cl)NC1CCC(O)CC1. The minimum absolute atomic E-state index is 0.133. The van der Waals surface area contributed by atoms with Crippen LogP contribution in [0.4, 0.5) is 0 Å². The molecule has 0 amide bonds. The first-order valence-electron chi connectivity index (χ1n) is 8.75.